The number of rotatable bonds is 10. The third-order valence-corrected chi connectivity index (χ3v) is 14.7. The first-order chi connectivity index (χ1) is 36.1. The Morgan fingerprint density at radius 2 is 1.17 bits per heavy atom. The molecule has 0 unspecified atom stereocenters. The summed E-state index contributed by atoms with van der Waals surface area (Å²) in [6.45, 7) is 30.9. The van der Waals surface area contributed by atoms with E-state index in [4.69, 9.17) is 14.1 Å². The molecule has 2 heterocycles. The monoisotopic (exact) mass is 1170 g/mol. The van der Waals surface area contributed by atoms with Crippen molar-refractivity contribution >= 4 is 11.0 Å². The molecule has 0 amide bonds. The zero-order valence-electron chi connectivity index (χ0n) is 49.7. The molecule has 1 N–H and O–H groups in total. The average Bonchev–Trinajstić information content (AvgIpc) is 3.78. The van der Waals surface area contributed by atoms with E-state index in [9.17, 15) is 5.11 Å². The maximum absolute atomic E-state index is 12.6. The molecule has 0 spiro atoms. The predicted octanol–water partition coefficient (Wildman–Crippen LogP) is 19.5. The van der Waals surface area contributed by atoms with Crippen LogP contribution in [0.4, 0.5) is 0 Å². The van der Waals surface area contributed by atoms with E-state index in [1.54, 1.807) is 18.3 Å². The number of benzene rings is 7. The summed E-state index contributed by atoms with van der Waals surface area (Å²) in [6.07, 6.45) is 1.79. The summed E-state index contributed by atoms with van der Waals surface area (Å²) in [5.41, 5.74) is 18.6. The first-order valence-electron chi connectivity index (χ1n) is 28.0. The second-order valence-electron chi connectivity index (χ2n) is 24.5. The van der Waals surface area contributed by atoms with Crippen molar-refractivity contribution in [2.45, 2.75) is 145 Å². The van der Waals surface area contributed by atoms with Crippen molar-refractivity contribution in [3.05, 3.63) is 191 Å². The number of phenolic OH excluding ortho intramolecular Hbond substituents is 1. The number of imidazole rings is 1. The normalized spacial score (nSPS) is 13.1. The van der Waals surface area contributed by atoms with Gasteiger partial charge < -0.3 is 5.11 Å². The quantitative estimate of drug-likeness (QED) is 0.139. The molecule has 9 aromatic rings. The summed E-state index contributed by atoms with van der Waals surface area (Å²) in [7, 11) is 0. The number of nitrogens with zero attached hydrogens (tertiary/aromatic N) is 3. The van der Waals surface area contributed by atoms with Gasteiger partial charge in [-0.3, -0.25) is 9.55 Å². The van der Waals surface area contributed by atoms with Gasteiger partial charge in [-0.15, -0.1) is 29.3 Å². The number of hydrogen-bond donors (Lipinski definition) is 1. The van der Waals surface area contributed by atoms with Crippen molar-refractivity contribution < 1.29 is 30.3 Å². The Balaban J connectivity index is 0.00000803. The Bertz CT molecular complexity index is 3630. The van der Waals surface area contributed by atoms with Gasteiger partial charge in [-0.1, -0.05) is 219 Å². The smallest absolute Gasteiger partial charge is 0.148 e. The number of hydrogen-bond acceptors (Lipinski definition) is 3. The van der Waals surface area contributed by atoms with Gasteiger partial charge in [-0.05, 0) is 120 Å². The van der Waals surface area contributed by atoms with Gasteiger partial charge in [0.1, 0.15) is 11.6 Å². The van der Waals surface area contributed by atoms with E-state index in [0.29, 0.717) is 57.0 Å². The van der Waals surface area contributed by atoms with Crippen molar-refractivity contribution in [1.29, 1.82) is 0 Å². The largest absolute Gasteiger partial charge is 0.507 e. The number of para-hydroxylation sites is 1. The van der Waals surface area contributed by atoms with Crippen LogP contribution >= 0.6 is 0 Å². The Kier molecular flexibility index (Phi) is 14.2. The van der Waals surface area contributed by atoms with Crippen LogP contribution in [0.1, 0.15) is 165 Å². The Morgan fingerprint density at radius 1 is 0.547 bits per heavy atom. The van der Waals surface area contributed by atoms with Gasteiger partial charge in [-0.25, -0.2) is 4.98 Å². The van der Waals surface area contributed by atoms with E-state index in [-0.39, 0.29) is 43.2 Å². The molecular weight excluding hydrogens is 1090 g/mol. The summed E-state index contributed by atoms with van der Waals surface area (Å²) in [4.78, 5) is 10.5. The number of aromatic hydroxyl groups is 1. The zero-order valence-corrected chi connectivity index (χ0v) is 49.0. The van der Waals surface area contributed by atoms with E-state index < -0.39 is 12.3 Å². The van der Waals surface area contributed by atoms with Crippen LogP contribution < -0.4 is 0 Å². The minimum absolute atomic E-state index is 0. The van der Waals surface area contributed by atoms with Gasteiger partial charge in [0.05, 0.1) is 22.3 Å². The molecule has 0 fully saturated rings. The van der Waals surface area contributed by atoms with Crippen molar-refractivity contribution in [2.75, 3.05) is 0 Å². The van der Waals surface area contributed by atoms with Crippen LogP contribution in [-0.2, 0) is 37.3 Å². The van der Waals surface area contributed by atoms with Crippen molar-refractivity contribution in [3.63, 3.8) is 0 Å². The first kappa shape index (κ1) is 50.8. The summed E-state index contributed by atoms with van der Waals surface area (Å²) >= 11 is 0. The number of aromatic nitrogens is 3. The van der Waals surface area contributed by atoms with Crippen LogP contribution in [0.15, 0.2) is 146 Å². The SMILES string of the molecule is [2H]C([2H])([2H])c1cc(-c2cc(-c3ccc(-c4c(C(C)C)cc(C(C)C)cc4C(C)C)cc3)ccn2)[c-]c(-c2cccc3c2nc(-c2cc(C(C)(C)C)cc(C(C)(C)C)c2O)n3-c2ccc(C(C)(C)C)cc2-c2ccccc2)c1.[Pt]. The summed E-state index contributed by atoms with van der Waals surface area (Å²) in [6, 6.07) is 52.1. The van der Waals surface area contributed by atoms with Gasteiger partial charge >= 0.3 is 0 Å². The molecule has 2 aromatic heterocycles. The molecule has 9 rings (SSSR count). The number of aryl methyl sites for hydroxylation is 1. The molecule has 0 bridgehead atoms. The van der Waals surface area contributed by atoms with Crippen LogP contribution in [0, 0.1) is 12.9 Å². The molecule has 0 radical (unpaired) electrons. The van der Waals surface area contributed by atoms with Crippen molar-refractivity contribution in [3.8, 4) is 78.6 Å². The molecule has 0 aliphatic carbocycles. The predicted molar refractivity (Wildman–Crippen MR) is 315 cm³/mol. The molecule has 4 nitrogen and oxygen atoms in total. The molecule has 5 heteroatoms. The van der Waals surface area contributed by atoms with E-state index in [2.05, 4.69) is 212 Å². The van der Waals surface area contributed by atoms with E-state index in [1.807, 2.05) is 30.3 Å². The molecule has 0 aliphatic heterocycles. The topological polar surface area (TPSA) is 50.9 Å². The van der Waals surface area contributed by atoms with Gasteiger partial charge in [0.25, 0.3) is 0 Å². The average molecular weight is 1170 g/mol. The summed E-state index contributed by atoms with van der Waals surface area (Å²) < 4.78 is 28.5. The van der Waals surface area contributed by atoms with Crippen molar-refractivity contribution in [2.24, 2.45) is 0 Å². The van der Waals surface area contributed by atoms with Crippen LogP contribution in [-0.4, -0.2) is 19.6 Å². The second kappa shape index (κ2) is 21.0. The van der Waals surface area contributed by atoms with E-state index in [1.165, 1.54) is 33.4 Å². The van der Waals surface area contributed by atoms with Gasteiger partial charge in [0, 0.05) is 48.2 Å². The van der Waals surface area contributed by atoms with E-state index in [0.717, 1.165) is 44.6 Å². The van der Waals surface area contributed by atoms with Gasteiger partial charge in [0.15, 0.2) is 0 Å². The van der Waals surface area contributed by atoms with Crippen LogP contribution in [0.5, 0.6) is 5.75 Å². The molecule has 0 atom stereocenters. The molecule has 388 valence electrons. The molecule has 0 saturated carbocycles. The fourth-order valence-electron chi connectivity index (χ4n) is 10.3. The third-order valence-electron chi connectivity index (χ3n) is 14.7. The maximum atomic E-state index is 12.6. The zero-order chi connectivity index (χ0) is 55.7. The Labute approximate surface area is 467 Å². The Hall–Kier alpha value is -6.35. The molecule has 7 aromatic carbocycles. The van der Waals surface area contributed by atoms with Gasteiger partial charge in [0.2, 0.25) is 0 Å². The molecule has 0 aliphatic rings. The summed E-state index contributed by atoms with van der Waals surface area (Å²) in [5.74, 6) is 1.91. The Morgan fingerprint density at radius 3 is 1.77 bits per heavy atom. The van der Waals surface area contributed by atoms with Crippen LogP contribution in [0.25, 0.3) is 83.9 Å². The van der Waals surface area contributed by atoms with Gasteiger partial charge in [-0.2, -0.15) is 0 Å². The maximum Gasteiger partial charge on any atom is 0.148 e. The molecular formula is C70H76N3OPt-. The number of phenols is 1. The fourth-order valence-corrected chi connectivity index (χ4v) is 10.3. The third kappa shape index (κ3) is 11.0. The second-order valence-corrected chi connectivity index (χ2v) is 24.5. The number of pyridine rings is 1. The van der Waals surface area contributed by atoms with Crippen LogP contribution in [0.3, 0.4) is 0 Å². The number of fused-ring (bicyclic) bond motifs is 1. The van der Waals surface area contributed by atoms with E-state index >= 15 is 0 Å². The van der Waals surface area contributed by atoms with Crippen molar-refractivity contribution in [1.82, 2.24) is 14.5 Å². The first-order valence-corrected chi connectivity index (χ1v) is 26.5. The minimum Gasteiger partial charge on any atom is -0.507 e. The fraction of sp³-hybridized carbons (Fsp3) is 0.314. The van der Waals surface area contributed by atoms with Crippen LogP contribution in [0.2, 0.25) is 0 Å². The molecule has 0 saturated heterocycles. The minimum atomic E-state index is -2.44. The summed E-state index contributed by atoms with van der Waals surface area (Å²) in [5, 5.41) is 12.6. The molecule has 75 heavy (non-hydrogen) atoms. The standard InChI is InChI=1S/C70H76N3O.Pt/c1-42(2)50-36-56(43(3)4)64(57(37-50)44(5)6)48-27-25-46(26-28-48)49-31-32-71-61(38-49)52-34-45(7)33-51(35-52)55-23-20-24-63-65(55)72-67(59-40-54(69(11,12)13)41-60(66(59)74)70(14,15)16)73(63)62-30-29-53(68(8,9)10)39-58(62)47-21-18-17-19-22-47;/h17-34,36-44,74H,1-16H3;/q-1;/i7D3;.